The lowest BCUT2D eigenvalue weighted by molar-refractivity contribution is -0.0760. The number of nitrogens with zero attached hydrogens (tertiary/aromatic N) is 4. The molecule has 222 valence electrons. The Hall–Kier alpha value is -3.02. The number of benzene rings is 1. The van der Waals surface area contributed by atoms with Gasteiger partial charge in [0, 0.05) is 29.4 Å². The fraction of sp³-hybridized carbons (Fsp3) is 0.517. The Kier molecular flexibility index (Phi) is 8.82. The van der Waals surface area contributed by atoms with E-state index in [2.05, 4.69) is 20.5 Å². The topological polar surface area (TPSA) is 98.7 Å². The standard InChI is InChI=1S/C29H37ClFN5O4S/c1-15(2)33-24-16(3)10-18(13-32-24)25-34-35-26(41-25)19-11-21(31)23(12-20(19)30)38-14-22-17(4)39-29(8,9)36(22)27(37)40-28(5,6)7/h10-13,15,17,22H,14H2,1-9H3,(H,32,33)/t17-,22-/m1/s1. The van der Waals surface area contributed by atoms with Gasteiger partial charge in [0.25, 0.3) is 0 Å². The van der Waals surface area contributed by atoms with Crippen molar-refractivity contribution in [1.82, 2.24) is 20.1 Å². The van der Waals surface area contributed by atoms with Crippen LogP contribution in [0.1, 0.15) is 61.0 Å². The minimum absolute atomic E-state index is 0.0204. The summed E-state index contributed by atoms with van der Waals surface area (Å²) in [6, 6.07) is 4.43. The summed E-state index contributed by atoms with van der Waals surface area (Å²) in [5.74, 6) is 0.153. The summed E-state index contributed by atoms with van der Waals surface area (Å²) in [6.07, 6.45) is 0.831. The van der Waals surface area contributed by atoms with Crippen LogP contribution in [0.5, 0.6) is 5.75 Å². The summed E-state index contributed by atoms with van der Waals surface area (Å²) in [7, 11) is 0. The van der Waals surface area contributed by atoms with Crippen LogP contribution in [0.3, 0.4) is 0 Å². The van der Waals surface area contributed by atoms with E-state index in [1.54, 1.807) is 40.8 Å². The monoisotopic (exact) mass is 605 g/mol. The molecule has 1 fully saturated rings. The predicted octanol–water partition coefficient (Wildman–Crippen LogP) is 7.33. The van der Waals surface area contributed by atoms with Crippen molar-refractivity contribution < 1.29 is 23.4 Å². The van der Waals surface area contributed by atoms with E-state index in [0.29, 0.717) is 15.6 Å². The fourth-order valence-corrected chi connectivity index (χ4v) is 5.77. The Morgan fingerprint density at radius 3 is 2.56 bits per heavy atom. The first-order valence-corrected chi connectivity index (χ1v) is 14.6. The van der Waals surface area contributed by atoms with Crippen LogP contribution in [0, 0.1) is 12.7 Å². The lowest BCUT2D eigenvalue weighted by Gasteiger charge is -2.35. The van der Waals surface area contributed by atoms with Crippen LogP contribution in [0.25, 0.3) is 21.1 Å². The van der Waals surface area contributed by atoms with Crippen molar-refractivity contribution in [1.29, 1.82) is 0 Å². The number of anilines is 1. The average Bonchev–Trinajstić information content (AvgIpc) is 3.41. The van der Waals surface area contributed by atoms with Crippen LogP contribution >= 0.6 is 22.9 Å². The van der Waals surface area contributed by atoms with Gasteiger partial charge in [0.05, 0.1) is 17.2 Å². The smallest absolute Gasteiger partial charge is 0.413 e. The minimum atomic E-state index is -0.926. The molecule has 0 bridgehead atoms. The second kappa shape index (κ2) is 11.7. The Morgan fingerprint density at radius 1 is 1.24 bits per heavy atom. The summed E-state index contributed by atoms with van der Waals surface area (Å²) >= 11 is 7.86. The maximum Gasteiger partial charge on any atom is 0.413 e. The summed E-state index contributed by atoms with van der Waals surface area (Å²) in [4.78, 5) is 19.0. The molecule has 1 amide bonds. The van der Waals surface area contributed by atoms with Crippen molar-refractivity contribution in [3.05, 3.63) is 40.8 Å². The molecule has 0 spiro atoms. The number of aryl methyl sites for hydroxylation is 1. The SMILES string of the molecule is Cc1cc(-c2nnc(-c3cc(F)c(OC[C@@H]4[C@@H](C)OC(C)(C)N4C(=O)OC(C)(C)C)cc3Cl)s2)cnc1NC(C)C. The Balaban J connectivity index is 1.51. The molecule has 1 aliphatic rings. The number of ether oxygens (including phenoxy) is 3. The molecule has 1 N–H and O–H groups in total. The second-order valence-electron chi connectivity index (χ2n) is 11.9. The molecule has 1 aromatic carbocycles. The molecule has 4 rings (SSSR count). The van der Waals surface area contributed by atoms with E-state index in [0.717, 1.165) is 16.9 Å². The first-order valence-electron chi connectivity index (χ1n) is 13.4. The third-order valence-corrected chi connectivity index (χ3v) is 7.67. The molecular formula is C29H37ClFN5O4S. The summed E-state index contributed by atoms with van der Waals surface area (Å²) in [6.45, 7) is 16.8. The highest BCUT2D eigenvalue weighted by Gasteiger charge is 2.50. The van der Waals surface area contributed by atoms with Crippen molar-refractivity contribution >= 4 is 34.8 Å². The van der Waals surface area contributed by atoms with Crippen LogP contribution in [-0.4, -0.2) is 62.3 Å². The highest BCUT2D eigenvalue weighted by Crippen LogP contribution is 2.38. The maximum atomic E-state index is 15.3. The van der Waals surface area contributed by atoms with E-state index in [-0.39, 0.29) is 29.5 Å². The molecule has 0 unspecified atom stereocenters. The number of nitrogens with one attached hydrogen (secondary N) is 1. The summed E-state index contributed by atoms with van der Waals surface area (Å²) < 4.78 is 32.7. The normalized spacial score (nSPS) is 18.6. The number of pyridine rings is 1. The predicted molar refractivity (Wildman–Crippen MR) is 159 cm³/mol. The third-order valence-electron chi connectivity index (χ3n) is 6.36. The van der Waals surface area contributed by atoms with Gasteiger partial charge in [-0.25, -0.2) is 14.2 Å². The quantitative estimate of drug-likeness (QED) is 0.299. The van der Waals surface area contributed by atoms with Crippen molar-refractivity contribution in [2.45, 2.75) is 91.8 Å². The Morgan fingerprint density at radius 2 is 1.93 bits per heavy atom. The van der Waals surface area contributed by atoms with Gasteiger partial charge in [-0.1, -0.05) is 22.9 Å². The second-order valence-corrected chi connectivity index (χ2v) is 13.2. The van der Waals surface area contributed by atoms with E-state index in [1.807, 2.05) is 33.8 Å². The number of hydrogen-bond donors (Lipinski definition) is 1. The Bertz CT molecular complexity index is 1420. The highest BCUT2D eigenvalue weighted by molar-refractivity contribution is 7.18. The van der Waals surface area contributed by atoms with Crippen molar-refractivity contribution in [3.8, 4) is 26.9 Å². The summed E-state index contributed by atoms with van der Waals surface area (Å²) in [5, 5.41) is 13.2. The van der Waals surface area contributed by atoms with Gasteiger partial charge in [-0.2, -0.15) is 0 Å². The lowest BCUT2D eigenvalue weighted by atomic mass is 10.1. The van der Waals surface area contributed by atoms with E-state index in [9.17, 15) is 4.79 Å². The van der Waals surface area contributed by atoms with Crippen molar-refractivity contribution in [3.63, 3.8) is 0 Å². The number of carbonyl (C=O) groups excluding carboxylic acids is 1. The van der Waals surface area contributed by atoms with Gasteiger partial charge in [-0.3, -0.25) is 4.90 Å². The summed E-state index contributed by atoms with van der Waals surface area (Å²) in [5.41, 5.74) is 0.576. The van der Waals surface area contributed by atoms with Crippen LogP contribution in [0.4, 0.5) is 15.0 Å². The molecule has 0 radical (unpaired) electrons. The molecule has 0 saturated carbocycles. The largest absolute Gasteiger partial charge is 0.488 e. The van der Waals surface area contributed by atoms with Crippen molar-refractivity contribution in [2.24, 2.45) is 0 Å². The zero-order chi connectivity index (χ0) is 30.3. The average molecular weight is 606 g/mol. The zero-order valence-corrected chi connectivity index (χ0v) is 26.4. The lowest BCUT2D eigenvalue weighted by Crippen LogP contribution is -2.52. The van der Waals surface area contributed by atoms with Gasteiger partial charge >= 0.3 is 6.09 Å². The third kappa shape index (κ3) is 7.07. The van der Waals surface area contributed by atoms with Gasteiger partial charge in [-0.05, 0) is 80.0 Å². The molecule has 1 saturated heterocycles. The molecule has 3 heterocycles. The minimum Gasteiger partial charge on any atom is -0.488 e. The number of carbonyl (C=O) groups is 1. The van der Waals surface area contributed by atoms with E-state index >= 15 is 4.39 Å². The molecule has 1 aliphatic heterocycles. The zero-order valence-electron chi connectivity index (χ0n) is 24.8. The molecule has 2 aromatic heterocycles. The number of rotatable bonds is 7. The van der Waals surface area contributed by atoms with Gasteiger partial charge in [0.15, 0.2) is 11.6 Å². The molecule has 2 atom stereocenters. The number of halogens is 2. The first-order chi connectivity index (χ1) is 19.1. The molecular weight excluding hydrogens is 569 g/mol. The van der Waals surface area contributed by atoms with Gasteiger partial charge < -0.3 is 19.5 Å². The van der Waals surface area contributed by atoms with Crippen molar-refractivity contribution in [2.75, 3.05) is 11.9 Å². The maximum absolute atomic E-state index is 15.3. The van der Waals surface area contributed by atoms with Gasteiger partial charge in [0.2, 0.25) is 0 Å². The first kappa shape index (κ1) is 30.9. The van der Waals surface area contributed by atoms with Gasteiger partial charge in [0.1, 0.15) is 33.8 Å². The number of aromatic nitrogens is 3. The molecule has 9 nitrogen and oxygen atoms in total. The van der Waals surface area contributed by atoms with Crippen LogP contribution in [0.2, 0.25) is 5.02 Å². The molecule has 0 aliphatic carbocycles. The number of amides is 1. The molecule has 41 heavy (non-hydrogen) atoms. The van der Waals surface area contributed by atoms with E-state index < -0.39 is 29.3 Å². The fourth-order valence-electron chi connectivity index (χ4n) is 4.62. The van der Waals surface area contributed by atoms with Gasteiger partial charge in [-0.15, -0.1) is 10.2 Å². The molecule has 3 aromatic rings. The van der Waals surface area contributed by atoms with Crippen LogP contribution in [-0.2, 0) is 9.47 Å². The Labute approximate surface area is 249 Å². The number of hydrogen-bond acceptors (Lipinski definition) is 9. The van der Waals surface area contributed by atoms with E-state index in [4.69, 9.17) is 25.8 Å². The molecule has 12 heteroatoms. The highest BCUT2D eigenvalue weighted by atomic mass is 35.5. The van der Waals surface area contributed by atoms with E-state index in [1.165, 1.54) is 28.4 Å². The van der Waals surface area contributed by atoms with Crippen LogP contribution in [0.15, 0.2) is 24.4 Å². The van der Waals surface area contributed by atoms with Crippen LogP contribution < -0.4 is 10.1 Å².